The van der Waals surface area contributed by atoms with Crippen LogP contribution in [0.5, 0.6) is 5.75 Å². The number of nitrogens with two attached hydrogens (primary N) is 1. The number of nitrogens with one attached hydrogen (secondary N) is 1. The summed E-state index contributed by atoms with van der Waals surface area (Å²) >= 11 is 0. The molecule has 1 aromatic carbocycles. The Kier molecular flexibility index (Phi) is 3.72. The molecule has 0 aliphatic heterocycles. The van der Waals surface area contributed by atoms with Crippen LogP contribution in [0.15, 0.2) is 24.3 Å². The highest BCUT2D eigenvalue weighted by Gasteiger charge is 2.07. The number of ether oxygens (including phenoxy) is 1. The van der Waals surface area contributed by atoms with Gasteiger partial charge in [0.05, 0.1) is 0 Å². The fourth-order valence-corrected chi connectivity index (χ4v) is 1.21. The van der Waals surface area contributed by atoms with E-state index < -0.39 is 0 Å². The van der Waals surface area contributed by atoms with Crippen molar-refractivity contribution in [1.29, 1.82) is 5.41 Å². The number of benzene rings is 1. The minimum absolute atomic E-state index is 0.0463. The SMILES string of the molecule is CC(Oc1cccc(C(C)C)c1)C(=N)N. The Morgan fingerprint density at radius 2 is 2.00 bits per heavy atom. The van der Waals surface area contributed by atoms with Crippen molar-refractivity contribution in [2.45, 2.75) is 32.8 Å². The van der Waals surface area contributed by atoms with E-state index in [4.69, 9.17) is 15.9 Å². The number of hydrogen-bond donors (Lipinski definition) is 2. The van der Waals surface area contributed by atoms with Gasteiger partial charge >= 0.3 is 0 Å². The highest BCUT2D eigenvalue weighted by molar-refractivity contribution is 5.81. The maximum Gasteiger partial charge on any atom is 0.152 e. The van der Waals surface area contributed by atoms with Crippen LogP contribution >= 0.6 is 0 Å². The third kappa shape index (κ3) is 3.27. The Morgan fingerprint density at radius 3 is 2.53 bits per heavy atom. The van der Waals surface area contributed by atoms with Crippen molar-refractivity contribution in [2.24, 2.45) is 5.73 Å². The fourth-order valence-electron chi connectivity index (χ4n) is 1.21. The molecule has 0 radical (unpaired) electrons. The zero-order valence-electron chi connectivity index (χ0n) is 9.45. The number of hydrogen-bond acceptors (Lipinski definition) is 2. The highest BCUT2D eigenvalue weighted by Crippen LogP contribution is 2.20. The van der Waals surface area contributed by atoms with Crippen LogP contribution in [0.4, 0.5) is 0 Å². The van der Waals surface area contributed by atoms with E-state index in [9.17, 15) is 0 Å². The molecule has 0 saturated carbocycles. The lowest BCUT2D eigenvalue weighted by Gasteiger charge is -2.14. The molecule has 0 fully saturated rings. The first kappa shape index (κ1) is 11.6. The lowest BCUT2D eigenvalue weighted by molar-refractivity contribution is 0.284. The molecule has 0 saturated heterocycles. The van der Waals surface area contributed by atoms with Crippen LogP contribution in [0.1, 0.15) is 32.3 Å². The standard InChI is InChI=1S/C12H18N2O/c1-8(2)10-5-4-6-11(7-10)15-9(3)12(13)14/h4-9H,1-3H3,(H3,13,14). The minimum atomic E-state index is -0.368. The summed E-state index contributed by atoms with van der Waals surface area (Å²) in [7, 11) is 0. The summed E-state index contributed by atoms with van der Waals surface area (Å²) in [5.74, 6) is 1.29. The molecular weight excluding hydrogens is 188 g/mol. The van der Waals surface area contributed by atoms with Crippen LogP contribution in [0.3, 0.4) is 0 Å². The Balaban J connectivity index is 2.78. The normalized spacial score (nSPS) is 12.5. The van der Waals surface area contributed by atoms with E-state index >= 15 is 0 Å². The maximum atomic E-state index is 7.24. The van der Waals surface area contributed by atoms with Crippen molar-refractivity contribution in [3.8, 4) is 5.75 Å². The summed E-state index contributed by atoms with van der Waals surface area (Å²) in [6, 6.07) is 7.89. The summed E-state index contributed by atoms with van der Waals surface area (Å²) in [5, 5.41) is 7.24. The van der Waals surface area contributed by atoms with Gasteiger partial charge in [-0.05, 0) is 30.5 Å². The molecule has 0 amide bonds. The van der Waals surface area contributed by atoms with Gasteiger partial charge < -0.3 is 10.5 Å². The van der Waals surface area contributed by atoms with E-state index in [0.29, 0.717) is 5.92 Å². The molecule has 3 heteroatoms. The van der Waals surface area contributed by atoms with Gasteiger partial charge in [0.2, 0.25) is 0 Å². The van der Waals surface area contributed by atoms with E-state index in [1.807, 2.05) is 18.2 Å². The monoisotopic (exact) mass is 206 g/mol. The van der Waals surface area contributed by atoms with Gasteiger partial charge in [-0.1, -0.05) is 26.0 Å². The summed E-state index contributed by atoms with van der Waals surface area (Å²) < 4.78 is 5.52. The van der Waals surface area contributed by atoms with Crippen molar-refractivity contribution in [1.82, 2.24) is 0 Å². The van der Waals surface area contributed by atoms with E-state index in [1.54, 1.807) is 6.92 Å². The molecule has 0 heterocycles. The van der Waals surface area contributed by atoms with Gasteiger partial charge in [-0.2, -0.15) is 0 Å². The molecule has 3 N–H and O–H groups in total. The van der Waals surface area contributed by atoms with Crippen molar-refractivity contribution < 1.29 is 4.74 Å². The van der Waals surface area contributed by atoms with Gasteiger partial charge in [0.1, 0.15) is 11.6 Å². The van der Waals surface area contributed by atoms with Crippen molar-refractivity contribution in [3.05, 3.63) is 29.8 Å². The fraction of sp³-hybridized carbons (Fsp3) is 0.417. The summed E-state index contributed by atoms with van der Waals surface area (Å²) in [5.41, 5.74) is 6.57. The zero-order chi connectivity index (χ0) is 11.4. The topological polar surface area (TPSA) is 59.1 Å². The first-order valence-corrected chi connectivity index (χ1v) is 5.11. The second-order valence-electron chi connectivity index (χ2n) is 3.94. The number of rotatable bonds is 4. The summed E-state index contributed by atoms with van der Waals surface area (Å²) in [6.45, 7) is 6.03. The van der Waals surface area contributed by atoms with Gasteiger partial charge in [-0.3, -0.25) is 5.41 Å². The first-order chi connectivity index (χ1) is 7.00. The third-order valence-electron chi connectivity index (χ3n) is 2.28. The molecular formula is C12H18N2O. The van der Waals surface area contributed by atoms with Crippen molar-refractivity contribution in [3.63, 3.8) is 0 Å². The van der Waals surface area contributed by atoms with Gasteiger partial charge in [-0.25, -0.2) is 0 Å². The Morgan fingerprint density at radius 1 is 1.33 bits per heavy atom. The quantitative estimate of drug-likeness (QED) is 0.587. The minimum Gasteiger partial charge on any atom is -0.483 e. The van der Waals surface area contributed by atoms with Crippen LogP contribution in [0, 0.1) is 5.41 Å². The first-order valence-electron chi connectivity index (χ1n) is 5.11. The summed E-state index contributed by atoms with van der Waals surface area (Å²) in [6.07, 6.45) is -0.368. The molecule has 1 aromatic rings. The molecule has 0 bridgehead atoms. The molecule has 1 rings (SSSR count). The highest BCUT2D eigenvalue weighted by atomic mass is 16.5. The predicted molar refractivity (Wildman–Crippen MR) is 62.5 cm³/mol. The van der Waals surface area contributed by atoms with E-state index in [1.165, 1.54) is 5.56 Å². The van der Waals surface area contributed by atoms with Gasteiger partial charge in [0, 0.05) is 0 Å². The lowest BCUT2D eigenvalue weighted by atomic mass is 10.0. The lowest BCUT2D eigenvalue weighted by Crippen LogP contribution is -2.30. The van der Waals surface area contributed by atoms with E-state index in [-0.39, 0.29) is 11.9 Å². The third-order valence-corrected chi connectivity index (χ3v) is 2.28. The molecule has 15 heavy (non-hydrogen) atoms. The van der Waals surface area contributed by atoms with Gasteiger partial charge in [0.25, 0.3) is 0 Å². The van der Waals surface area contributed by atoms with Crippen LogP contribution < -0.4 is 10.5 Å². The summed E-state index contributed by atoms with van der Waals surface area (Å²) in [4.78, 5) is 0. The predicted octanol–water partition coefficient (Wildman–Crippen LogP) is 2.51. The van der Waals surface area contributed by atoms with Crippen LogP contribution in [0.2, 0.25) is 0 Å². The van der Waals surface area contributed by atoms with Gasteiger partial charge in [0.15, 0.2) is 6.10 Å². The van der Waals surface area contributed by atoms with Crippen LogP contribution in [-0.2, 0) is 0 Å². The molecule has 3 nitrogen and oxygen atoms in total. The van der Waals surface area contributed by atoms with E-state index in [0.717, 1.165) is 5.75 Å². The van der Waals surface area contributed by atoms with Crippen molar-refractivity contribution >= 4 is 5.84 Å². The van der Waals surface area contributed by atoms with E-state index in [2.05, 4.69) is 19.9 Å². The Hall–Kier alpha value is -1.51. The largest absolute Gasteiger partial charge is 0.483 e. The number of amidine groups is 1. The maximum absolute atomic E-state index is 7.24. The Labute approximate surface area is 90.8 Å². The zero-order valence-corrected chi connectivity index (χ0v) is 9.45. The molecule has 82 valence electrons. The van der Waals surface area contributed by atoms with Crippen LogP contribution in [0.25, 0.3) is 0 Å². The molecule has 0 spiro atoms. The average molecular weight is 206 g/mol. The second-order valence-corrected chi connectivity index (χ2v) is 3.94. The molecule has 0 aliphatic rings. The molecule has 0 aliphatic carbocycles. The van der Waals surface area contributed by atoms with Gasteiger partial charge in [-0.15, -0.1) is 0 Å². The smallest absolute Gasteiger partial charge is 0.152 e. The molecule has 0 aromatic heterocycles. The molecule has 1 unspecified atom stereocenters. The second kappa shape index (κ2) is 4.82. The Bertz CT molecular complexity index is 347. The molecule has 1 atom stereocenters. The van der Waals surface area contributed by atoms with Crippen molar-refractivity contribution in [2.75, 3.05) is 0 Å². The van der Waals surface area contributed by atoms with Crippen LogP contribution in [-0.4, -0.2) is 11.9 Å². The average Bonchev–Trinajstić information content (AvgIpc) is 2.18.